The molecule has 4 bridgehead atoms. The summed E-state index contributed by atoms with van der Waals surface area (Å²) < 4.78 is 0. The smallest absolute Gasteiger partial charge is 0.226 e. The van der Waals surface area contributed by atoms with Crippen molar-refractivity contribution in [2.24, 2.45) is 23.2 Å². The third-order valence-electron chi connectivity index (χ3n) is 5.62. The number of rotatable bonds is 6. The lowest BCUT2D eigenvalue weighted by molar-refractivity contribution is -0.146. The third-order valence-corrected chi connectivity index (χ3v) is 5.88. The van der Waals surface area contributed by atoms with Crippen molar-refractivity contribution in [3.8, 4) is 0 Å². The molecule has 19 heavy (non-hydrogen) atoms. The summed E-state index contributed by atoms with van der Waals surface area (Å²) in [6, 6.07) is 0. The first-order valence-electron chi connectivity index (χ1n) is 8.06. The Balaban J connectivity index is 1.52. The maximum atomic E-state index is 12.6. The normalized spacial score (nSPS) is 39.5. The molecule has 0 heterocycles. The van der Waals surface area contributed by atoms with Crippen LogP contribution in [0.15, 0.2) is 0 Å². The number of carbonyl (C=O) groups excluding carboxylic acids is 1. The van der Waals surface area contributed by atoms with Gasteiger partial charge in [0.1, 0.15) is 0 Å². The lowest BCUT2D eigenvalue weighted by Gasteiger charge is -2.55. The molecule has 0 saturated heterocycles. The molecule has 0 atom stereocenters. The van der Waals surface area contributed by atoms with Gasteiger partial charge in [-0.2, -0.15) is 0 Å². The zero-order valence-corrected chi connectivity index (χ0v) is 12.6. The highest BCUT2D eigenvalue weighted by molar-refractivity contribution is 6.17. The van der Waals surface area contributed by atoms with Crippen molar-refractivity contribution in [3.05, 3.63) is 0 Å². The van der Waals surface area contributed by atoms with Gasteiger partial charge in [0.05, 0.1) is 0 Å². The molecule has 4 saturated carbocycles. The predicted molar refractivity (Wildman–Crippen MR) is 78.2 cm³/mol. The fraction of sp³-hybridized carbons (Fsp3) is 0.938. The lowest BCUT2D eigenvalue weighted by Crippen LogP contribution is -2.53. The molecular formula is C16H26ClNO. The minimum Gasteiger partial charge on any atom is -0.356 e. The van der Waals surface area contributed by atoms with Gasteiger partial charge in [0, 0.05) is 17.8 Å². The van der Waals surface area contributed by atoms with Crippen molar-refractivity contribution in [2.45, 2.75) is 57.8 Å². The van der Waals surface area contributed by atoms with Crippen LogP contribution in [-0.2, 0) is 4.79 Å². The average Bonchev–Trinajstić information content (AvgIpc) is 2.36. The van der Waals surface area contributed by atoms with Crippen LogP contribution in [0.4, 0.5) is 0 Å². The van der Waals surface area contributed by atoms with Gasteiger partial charge in [-0.3, -0.25) is 4.79 Å². The number of hydrogen-bond acceptors (Lipinski definition) is 1. The first-order chi connectivity index (χ1) is 9.22. The van der Waals surface area contributed by atoms with Gasteiger partial charge < -0.3 is 5.32 Å². The van der Waals surface area contributed by atoms with Crippen LogP contribution < -0.4 is 5.32 Å². The zero-order chi connectivity index (χ0) is 13.3. The first kappa shape index (κ1) is 13.7. The van der Waals surface area contributed by atoms with Crippen molar-refractivity contribution in [1.82, 2.24) is 5.32 Å². The quantitative estimate of drug-likeness (QED) is 0.584. The van der Waals surface area contributed by atoms with Crippen LogP contribution in [0.25, 0.3) is 0 Å². The summed E-state index contributed by atoms with van der Waals surface area (Å²) in [5.74, 6) is 3.68. The standard InChI is InChI=1S/C16H26ClNO/c17-4-2-1-3-5-18-15(19)16-9-12-6-13(10-16)8-14(7-12)11-16/h12-14H,1-11H2,(H,18,19). The van der Waals surface area contributed by atoms with E-state index >= 15 is 0 Å². The molecule has 2 nitrogen and oxygen atoms in total. The van der Waals surface area contributed by atoms with Crippen molar-refractivity contribution in [1.29, 1.82) is 0 Å². The highest BCUT2D eigenvalue weighted by atomic mass is 35.5. The Morgan fingerprint density at radius 3 is 2.11 bits per heavy atom. The summed E-state index contributed by atoms with van der Waals surface area (Å²) in [7, 11) is 0. The number of carbonyl (C=O) groups is 1. The first-order valence-corrected chi connectivity index (χ1v) is 8.59. The number of alkyl halides is 1. The number of halogens is 1. The van der Waals surface area contributed by atoms with Crippen LogP contribution in [0.3, 0.4) is 0 Å². The lowest BCUT2D eigenvalue weighted by atomic mass is 9.49. The largest absolute Gasteiger partial charge is 0.356 e. The summed E-state index contributed by atoms with van der Waals surface area (Å²) in [4.78, 5) is 12.6. The van der Waals surface area contributed by atoms with Crippen LogP contribution in [0.5, 0.6) is 0 Å². The Morgan fingerprint density at radius 2 is 1.58 bits per heavy atom. The minimum absolute atomic E-state index is 0.0290. The molecule has 0 spiro atoms. The van der Waals surface area contributed by atoms with Crippen LogP contribution in [-0.4, -0.2) is 18.3 Å². The Kier molecular flexibility index (Phi) is 4.07. The van der Waals surface area contributed by atoms with Crippen LogP contribution in [0.1, 0.15) is 57.8 Å². The van der Waals surface area contributed by atoms with Gasteiger partial charge in [-0.25, -0.2) is 0 Å². The molecule has 0 aromatic rings. The third kappa shape index (κ3) is 2.79. The molecule has 0 unspecified atom stereocenters. The van der Waals surface area contributed by atoms with E-state index in [1.165, 1.54) is 38.5 Å². The summed E-state index contributed by atoms with van der Waals surface area (Å²) in [5, 5.41) is 3.22. The van der Waals surface area contributed by atoms with E-state index in [1.807, 2.05) is 0 Å². The predicted octanol–water partition coefficient (Wildman–Crippen LogP) is 3.73. The number of nitrogens with one attached hydrogen (secondary N) is 1. The zero-order valence-electron chi connectivity index (χ0n) is 11.8. The minimum atomic E-state index is 0.0290. The Bertz CT molecular complexity index is 306. The second-order valence-electron chi connectivity index (χ2n) is 7.20. The highest BCUT2D eigenvalue weighted by Gasteiger charge is 2.54. The maximum Gasteiger partial charge on any atom is 0.226 e. The van der Waals surface area contributed by atoms with Crippen LogP contribution in [0, 0.1) is 23.2 Å². The highest BCUT2D eigenvalue weighted by Crippen LogP contribution is 2.60. The average molecular weight is 284 g/mol. The second-order valence-corrected chi connectivity index (χ2v) is 7.58. The van der Waals surface area contributed by atoms with Crippen molar-refractivity contribution in [3.63, 3.8) is 0 Å². The molecule has 0 aromatic heterocycles. The summed E-state index contributed by atoms with van der Waals surface area (Å²) in [5.41, 5.74) is 0.0290. The van der Waals surface area contributed by atoms with Gasteiger partial charge in [0.15, 0.2) is 0 Å². The topological polar surface area (TPSA) is 29.1 Å². The number of unbranched alkanes of at least 4 members (excludes halogenated alkanes) is 2. The molecular weight excluding hydrogens is 258 g/mol. The molecule has 4 aliphatic rings. The van der Waals surface area contributed by atoms with Gasteiger partial charge in [0.2, 0.25) is 5.91 Å². The van der Waals surface area contributed by atoms with E-state index in [1.54, 1.807) is 0 Å². The van der Waals surface area contributed by atoms with Crippen molar-refractivity contribution in [2.75, 3.05) is 12.4 Å². The SMILES string of the molecule is O=C(NCCCCCCl)C12CC3CC(CC(C3)C1)C2. The van der Waals surface area contributed by atoms with E-state index in [-0.39, 0.29) is 5.41 Å². The monoisotopic (exact) mass is 283 g/mol. The molecule has 1 amide bonds. The summed E-state index contributed by atoms with van der Waals surface area (Å²) in [6.07, 6.45) is 11.0. The van der Waals surface area contributed by atoms with E-state index in [0.717, 1.165) is 49.4 Å². The maximum absolute atomic E-state index is 12.6. The van der Waals surface area contributed by atoms with Crippen molar-refractivity contribution < 1.29 is 4.79 Å². The molecule has 4 fully saturated rings. The molecule has 0 aliphatic heterocycles. The fourth-order valence-electron chi connectivity index (χ4n) is 5.17. The molecule has 0 aromatic carbocycles. The van der Waals surface area contributed by atoms with Crippen LogP contribution >= 0.6 is 11.6 Å². The van der Waals surface area contributed by atoms with E-state index in [4.69, 9.17) is 11.6 Å². The summed E-state index contributed by atoms with van der Waals surface area (Å²) >= 11 is 5.67. The van der Waals surface area contributed by atoms with Gasteiger partial charge in [-0.1, -0.05) is 6.42 Å². The van der Waals surface area contributed by atoms with E-state index in [2.05, 4.69) is 5.32 Å². The van der Waals surface area contributed by atoms with Crippen molar-refractivity contribution >= 4 is 17.5 Å². The summed E-state index contributed by atoms with van der Waals surface area (Å²) in [6.45, 7) is 0.845. The number of amides is 1. The van der Waals surface area contributed by atoms with E-state index < -0.39 is 0 Å². The van der Waals surface area contributed by atoms with E-state index in [0.29, 0.717) is 5.91 Å². The molecule has 4 rings (SSSR count). The number of hydrogen-bond donors (Lipinski definition) is 1. The Hall–Kier alpha value is -0.240. The Morgan fingerprint density at radius 1 is 1.00 bits per heavy atom. The Labute approximate surface area is 121 Å². The fourth-order valence-corrected chi connectivity index (χ4v) is 5.36. The van der Waals surface area contributed by atoms with E-state index in [9.17, 15) is 4.79 Å². The molecule has 0 radical (unpaired) electrons. The molecule has 1 N–H and O–H groups in total. The molecule has 108 valence electrons. The van der Waals surface area contributed by atoms with Gasteiger partial charge in [0.25, 0.3) is 0 Å². The molecule has 4 aliphatic carbocycles. The van der Waals surface area contributed by atoms with Crippen LogP contribution in [0.2, 0.25) is 0 Å². The van der Waals surface area contributed by atoms with Gasteiger partial charge in [-0.05, 0) is 69.1 Å². The van der Waals surface area contributed by atoms with Gasteiger partial charge >= 0.3 is 0 Å². The molecule has 3 heteroatoms. The van der Waals surface area contributed by atoms with Gasteiger partial charge in [-0.15, -0.1) is 11.6 Å². The second kappa shape index (κ2) is 5.63.